The van der Waals surface area contributed by atoms with E-state index in [-0.39, 0.29) is 52.7 Å². The van der Waals surface area contributed by atoms with Crippen LogP contribution in [0.2, 0.25) is 0 Å². The lowest BCUT2D eigenvalue weighted by molar-refractivity contribution is -0.141. The van der Waals surface area contributed by atoms with Gasteiger partial charge in [-0.15, -0.1) is 0 Å². The van der Waals surface area contributed by atoms with E-state index in [1.807, 2.05) is 29.1 Å². The molecule has 1 spiro atoms. The summed E-state index contributed by atoms with van der Waals surface area (Å²) in [5.74, 6) is -0.990. The highest BCUT2D eigenvalue weighted by molar-refractivity contribution is 6.25. The Morgan fingerprint density at radius 3 is 2.27 bits per heavy atom. The second kappa shape index (κ2) is 24.7. The largest absolute Gasteiger partial charge is 0.433 e. The number of carbonyl (C=O) groups is 6. The van der Waals surface area contributed by atoms with E-state index in [4.69, 9.17) is 15.8 Å². The van der Waals surface area contributed by atoms with Crippen molar-refractivity contribution in [3.8, 4) is 0 Å². The SMILES string of the molecule is CC(C)(O)c1cc2nn(C3CCC(CN4CC5(CC(C(CNc6cccc7c6C(=O)N(C6CCC(=O)NC6=O)C7=O)CN6CCC(c7ccc(Nc8nc(N9CCCCC9)cnc8C(N)=O)cc7)CC6)C5)C4)CC3)cc2cc1NC(=O)c1cccc(C(F)(F)F)n1. The molecular formula is C67H77F3N14O7. The normalized spacial score (nSPS) is 22.2. The molecule has 6 aromatic rings. The van der Waals surface area contributed by atoms with Gasteiger partial charge >= 0.3 is 6.18 Å². The van der Waals surface area contributed by atoms with Gasteiger partial charge in [0.1, 0.15) is 23.2 Å². The second-order valence-corrected chi connectivity index (χ2v) is 27.0. The molecule has 0 radical (unpaired) electrons. The Labute approximate surface area is 525 Å². The first-order valence-corrected chi connectivity index (χ1v) is 32.1. The number of aliphatic hydroxyl groups is 1. The third-order valence-electron chi connectivity index (χ3n) is 20.1. The Hall–Kier alpha value is -8.35. The monoisotopic (exact) mass is 1250 g/mol. The number of fused-ring (bicyclic) bond motifs is 2. The number of nitrogens with one attached hydrogen (secondary N) is 4. The lowest BCUT2D eigenvalue weighted by Gasteiger charge is -2.61. The smallest absolute Gasteiger partial charge is 0.386 e. The maximum Gasteiger partial charge on any atom is 0.433 e. The summed E-state index contributed by atoms with van der Waals surface area (Å²) in [6, 6.07) is 19.2. The number of piperidine rings is 3. The highest BCUT2D eigenvalue weighted by Gasteiger charge is 2.54. The van der Waals surface area contributed by atoms with Gasteiger partial charge in [-0.05, 0) is 187 Å². The fraction of sp³-hybridized carbons (Fsp3) is 0.493. The molecule has 5 aliphatic heterocycles. The number of benzene rings is 3. The molecule has 3 aromatic carbocycles. The van der Waals surface area contributed by atoms with E-state index in [2.05, 4.69) is 58.1 Å². The number of nitrogens with zero attached hydrogens (tertiary/aromatic N) is 9. The second-order valence-electron chi connectivity index (χ2n) is 27.0. The van der Waals surface area contributed by atoms with Gasteiger partial charge in [-0.25, -0.2) is 15.0 Å². The van der Waals surface area contributed by atoms with Gasteiger partial charge in [0.2, 0.25) is 11.8 Å². The first-order chi connectivity index (χ1) is 43.6. The molecule has 478 valence electrons. The number of halogens is 3. The van der Waals surface area contributed by atoms with Crippen molar-refractivity contribution >= 4 is 75.0 Å². The predicted molar refractivity (Wildman–Crippen MR) is 335 cm³/mol. The van der Waals surface area contributed by atoms with Crippen molar-refractivity contribution in [2.24, 2.45) is 28.9 Å². The number of nitrogens with two attached hydrogens (primary N) is 1. The van der Waals surface area contributed by atoms with Crippen LogP contribution in [0.15, 0.2) is 85.2 Å². The Morgan fingerprint density at radius 1 is 0.835 bits per heavy atom. The van der Waals surface area contributed by atoms with Crippen molar-refractivity contribution in [1.82, 2.24) is 44.7 Å². The van der Waals surface area contributed by atoms with E-state index in [1.54, 1.807) is 44.3 Å². The summed E-state index contributed by atoms with van der Waals surface area (Å²) in [5.41, 5.74) is 7.45. The van der Waals surface area contributed by atoms with Gasteiger partial charge < -0.3 is 41.5 Å². The minimum absolute atomic E-state index is 0.0408. The molecule has 3 aromatic heterocycles. The standard InChI is InChI=1S/C67H77F3N14O7/c1-65(2,91)48-29-51-42(28-52(48)76-61(87)50-10-7-11-54(75-50)67(68,69)70)36-83(79-51)46-18-12-39(13-19-46)34-81-37-66(38-81)30-43(31-66)44(32-72-49-9-6-8-47-57(49)64(90)84(63(47)89)53-20-21-56(85)78-62(53)88)35-80-26-22-41(23-27-80)40-14-16-45(17-15-40)74-60-58(59(71)86)73-33-55(77-60)82-24-4-3-5-25-82/h6-11,14-17,28-29,33,36,39,41,43-44,46,53,72,91H,3-5,12-13,18-27,30-32,34-35,37-38H2,1-2H3,(H2,71,86)(H,74,77)(H,76,87)(H,78,85,88). The lowest BCUT2D eigenvalue weighted by atomic mass is 9.54. The number of imide groups is 2. The topological polar surface area (TPSA) is 266 Å². The van der Waals surface area contributed by atoms with Crippen LogP contribution < -0.4 is 31.9 Å². The van der Waals surface area contributed by atoms with Crippen LogP contribution in [0.4, 0.5) is 41.9 Å². The summed E-state index contributed by atoms with van der Waals surface area (Å²) in [6.45, 7) is 11.3. The average Bonchev–Trinajstić information content (AvgIpc) is 1.56. The van der Waals surface area contributed by atoms with Gasteiger partial charge in [0.15, 0.2) is 11.5 Å². The van der Waals surface area contributed by atoms with Crippen LogP contribution in [0.3, 0.4) is 0 Å². The summed E-state index contributed by atoms with van der Waals surface area (Å²) in [5, 5.41) is 28.8. The minimum atomic E-state index is -4.72. The molecule has 24 heteroatoms. The molecule has 2 saturated carbocycles. The van der Waals surface area contributed by atoms with E-state index in [0.717, 1.165) is 150 Å². The highest BCUT2D eigenvalue weighted by atomic mass is 19.4. The van der Waals surface area contributed by atoms with Crippen LogP contribution in [0, 0.1) is 23.2 Å². The molecule has 13 rings (SSSR count). The number of pyridine rings is 1. The number of hydrogen-bond acceptors (Lipinski definition) is 16. The Kier molecular flexibility index (Phi) is 16.7. The highest BCUT2D eigenvalue weighted by Crippen LogP contribution is 2.55. The van der Waals surface area contributed by atoms with Crippen LogP contribution in [0.25, 0.3) is 10.9 Å². The predicted octanol–water partition coefficient (Wildman–Crippen LogP) is 9.01. The molecule has 21 nitrogen and oxygen atoms in total. The molecule has 2 atom stereocenters. The Morgan fingerprint density at radius 2 is 1.57 bits per heavy atom. The van der Waals surface area contributed by atoms with Crippen molar-refractivity contribution < 1.29 is 47.0 Å². The number of rotatable bonds is 18. The summed E-state index contributed by atoms with van der Waals surface area (Å²) in [4.78, 5) is 99.7. The van der Waals surface area contributed by atoms with Crippen LogP contribution in [-0.2, 0) is 21.4 Å². The van der Waals surface area contributed by atoms with Crippen molar-refractivity contribution in [3.63, 3.8) is 0 Å². The van der Waals surface area contributed by atoms with E-state index in [9.17, 15) is 47.0 Å². The molecule has 91 heavy (non-hydrogen) atoms. The molecule has 2 aliphatic carbocycles. The number of hydrogen-bond donors (Lipinski definition) is 6. The van der Waals surface area contributed by atoms with Gasteiger partial charge in [-0.1, -0.05) is 24.3 Å². The van der Waals surface area contributed by atoms with Crippen LogP contribution >= 0.6 is 0 Å². The summed E-state index contributed by atoms with van der Waals surface area (Å²) >= 11 is 0. The molecule has 0 bridgehead atoms. The maximum absolute atomic E-state index is 14.1. The maximum atomic E-state index is 14.1. The first-order valence-electron chi connectivity index (χ1n) is 32.1. The molecule has 6 amide bonds. The van der Waals surface area contributed by atoms with Crippen molar-refractivity contribution in [1.29, 1.82) is 0 Å². The van der Waals surface area contributed by atoms with E-state index in [1.165, 1.54) is 18.1 Å². The molecule has 7 aliphatic rings. The fourth-order valence-corrected chi connectivity index (χ4v) is 15.4. The number of likely N-dealkylation sites (tertiary alicyclic amines) is 2. The lowest BCUT2D eigenvalue weighted by Crippen LogP contribution is -2.64. The van der Waals surface area contributed by atoms with E-state index < -0.39 is 64.7 Å². The van der Waals surface area contributed by atoms with Crippen LogP contribution in [0.5, 0.6) is 0 Å². The molecule has 4 saturated heterocycles. The minimum Gasteiger partial charge on any atom is -0.386 e. The van der Waals surface area contributed by atoms with Gasteiger partial charge in [0, 0.05) is 86.4 Å². The quantitative estimate of drug-likeness (QED) is 0.0438. The van der Waals surface area contributed by atoms with Crippen molar-refractivity contribution in [2.45, 2.75) is 127 Å². The number of anilines is 5. The zero-order chi connectivity index (χ0) is 63.5. The third-order valence-corrected chi connectivity index (χ3v) is 20.1. The van der Waals surface area contributed by atoms with Gasteiger partial charge in [-0.2, -0.15) is 18.3 Å². The zero-order valence-corrected chi connectivity index (χ0v) is 51.2. The molecule has 7 N–H and O–H groups in total. The van der Waals surface area contributed by atoms with Crippen LogP contribution in [-0.4, -0.2) is 145 Å². The van der Waals surface area contributed by atoms with E-state index >= 15 is 0 Å². The van der Waals surface area contributed by atoms with E-state index in [0.29, 0.717) is 46.9 Å². The van der Waals surface area contributed by atoms with Crippen molar-refractivity contribution in [3.05, 3.63) is 125 Å². The number of alkyl halides is 3. The molecule has 2 unspecified atom stereocenters. The third kappa shape index (κ3) is 12.9. The zero-order valence-electron chi connectivity index (χ0n) is 51.2. The average molecular weight is 1250 g/mol. The number of aromatic nitrogens is 5. The van der Waals surface area contributed by atoms with Gasteiger partial charge in [-0.3, -0.25) is 43.7 Å². The summed E-state index contributed by atoms with van der Waals surface area (Å²) < 4.78 is 42.3. The molecule has 8 heterocycles. The summed E-state index contributed by atoms with van der Waals surface area (Å²) in [7, 11) is 0. The number of amides is 6. The molecule has 6 fully saturated rings. The fourth-order valence-electron chi connectivity index (χ4n) is 15.4. The number of carbonyl (C=O) groups excluding carboxylic acids is 6. The number of primary amides is 1. The summed E-state index contributed by atoms with van der Waals surface area (Å²) in [6.07, 6.45) is 10.4. The first kappa shape index (κ1) is 61.5. The molecular weight excluding hydrogens is 1170 g/mol. The Balaban J connectivity index is 0.634. The van der Waals surface area contributed by atoms with Crippen LogP contribution in [0.1, 0.15) is 168 Å². The van der Waals surface area contributed by atoms with Gasteiger partial charge in [0.05, 0.1) is 34.5 Å². The van der Waals surface area contributed by atoms with Crippen molar-refractivity contribution in [2.75, 3.05) is 79.8 Å². The Bertz CT molecular complexity index is 3800. The van der Waals surface area contributed by atoms with Gasteiger partial charge in [0.25, 0.3) is 23.6 Å².